The summed E-state index contributed by atoms with van der Waals surface area (Å²) in [6.45, 7) is 5.96. The fraction of sp³-hybridized carbons (Fsp3) is 0.611. The number of nitrogens with one attached hydrogen (secondary N) is 1. The van der Waals surface area contributed by atoms with Crippen LogP contribution < -0.4 is 5.32 Å². The van der Waals surface area contributed by atoms with E-state index in [4.69, 9.17) is 4.74 Å². The highest BCUT2D eigenvalue weighted by molar-refractivity contribution is 7.90. The summed E-state index contributed by atoms with van der Waals surface area (Å²) in [4.78, 5) is 14.1. The number of nitrogens with zero attached hydrogens (tertiary/aromatic N) is 1. The maximum atomic E-state index is 12.0. The molecule has 6 nitrogen and oxygen atoms in total. The maximum Gasteiger partial charge on any atom is 0.409 e. The predicted molar refractivity (Wildman–Crippen MR) is 98.6 cm³/mol. The molecule has 0 unspecified atom stereocenters. The lowest BCUT2D eigenvalue weighted by Crippen LogP contribution is -2.49. The SMILES string of the molecule is CCCCOC(=O)N1CCC(C)(Nc2ccc(S(C)(=O)=O)cc2)CC1. The Hall–Kier alpha value is -1.76. The molecule has 140 valence electrons. The third-order valence-corrected chi connectivity index (χ3v) is 5.71. The second-order valence-electron chi connectivity index (χ2n) is 6.94. The highest BCUT2D eigenvalue weighted by atomic mass is 32.2. The second kappa shape index (κ2) is 8.08. The third kappa shape index (κ3) is 5.63. The first kappa shape index (κ1) is 19.6. The van der Waals surface area contributed by atoms with Crippen molar-refractivity contribution in [1.29, 1.82) is 0 Å². The average Bonchev–Trinajstić information content (AvgIpc) is 2.55. The van der Waals surface area contributed by atoms with E-state index in [0.29, 0.717) is 24.6 Å². The first-order valence-corrected chi connectivity index (χ1v) is 10.6. The number of piperidine rings is 1. The van der Waals surface area contributed by atoms with Crippen molar-refractivity contribution in [1.82, 2.24) is 4.90 Å². The Kier molecular flexibility index (Phi) is 6.32. The van der Waals surface area contributed by atoms with E-state index in [0.717, 1.165) is 31.4 Å². The Bertz CT molecular complexity index is 678. The van der Waals surface area contributed by atoms with E-state index in [-0.39, 0.29) is 11.6 Å². The normalized spacial score (nSPS) is 17.2. The maximum absolute atomic E-state index is 12.0. The van der Waals surface area contributed by atoms with Gasteiger partial charge in [0.25, 0.3) is 0 Å². The highest BCUT2D eigenvalue weighted by Crippen LogP contribution is 2.27. The lowest BCUT2D eigenvalue weighted by Gasteiger charge is -2.40. The largest absolute Gasteiger partial charge is 0.449 e. The van der Waals surface area contributed by atoms with Gasteiger partial charge in [0.1, 0.15) is 0 Å². The number of amides is 1. The zero-order chi connectivity index (χ0) is 18.5. The summed E-state index contributed by atoms with van der Waals surface area (Å²) in [5.74, 6) is 0. The van der Waals surface area contributed by atoms with E-state index in [1.165, 1.54) is 6.26 Å². The standard InChI is InChI=1S/C18H28N2O4S/c1-4-5-14-24-17(21)20-12-10-18(2,11-13-20)19-15-6-8-16(9-7-15)25(3,22)23/h6-9,19H,4-5,10-14H2,1-3H3. The Morgan fingerprint density at radius 3 is 2.36 bits per heavy atom. The molecule has 1 heterocycles. The number of hydrogen-bond donors (Lipinski definition) is 1. The summed E-state index contributed by atoms with van der Waals surface area (Å²) in [5.41, 5.74) is 0.751. The first-order chi connectivity index (χ1) is 11.7. The molecule has 0 atom stereocenters. The van der Waals surface area contributed by atoms with Crippen molar-refractivity contribution in [2.75, 3.05) is 31.3 Å². The van der Waals surface area contributed by atoms with E-state index in [1.54, 1.807) is 29.2 Å². The molecule has 0 saturated carbocycles. The van der Waals surface area contributed by atoms with Crippen LogP contribution in [0.3, 0.4) is 0 Å². The van der Waals surface area contributed by atoms with Crippen molar-refractivity contribution in [3.8, 4) is 0 Å². The van der Waals surface area contributed by atoms with Crippen molar-refractivity contribution < 1.29 is 17.9 Å². The lowest BCUT2D eigenvalue weighted by atomic mass is 9.89. The molecule has 0 aliphatic carbocycles. The Labute approximate surface area is 150 Å². The van der Waals surface area contributed by atoms with E-state index in [1.807, 2.05) is 0 Å². The molecule has 1 fully saturated rings. The summed E-state index contributed by atoms with van der Waals surface area (Å²) >= 11 is 0. The minimum atomic E-state index is -3.18. The van der Waals surface area contributed by atoms with E-state index >= 15 is 0 Å². The number of benzene rings is 1. The number of carbonyl (C=O) groups excluding carboxylic acids is 1. The molecule has 1 aromatic rings. The molecule has 1 aromatic carbocycles. The fourth-order valence-corrected chi connectivity index (χ4v) is 3.47. The molecule has 1 aliphatic heterocycles. The smallest absolute Gasteiger partial charge is 0.409 e. The number of rotatable bonds is 6. The van der Waals surface area contributed by atoms with Gasteiger partial charge >= 0.3 is 6.09 Å². The Balaban J connectivity index is 1.89. The summed E-state index contributed by atoms with van der Waals surface area (Å²) in [6, 6.07) is 6.79. The van der Waals surface area contributed by atoms with Gasteiger partial charge in [0, 0.05) is 30.6 Å². The van der Waals surface area contributed by atoms with E-state index < -0.39 is 9.84 Å². The highest BCUT2D eigenvalue weighted by Gasteiger charge is 2.32. The van der Waals surface area contributed by atoms with Gasteiger partial charge in [-0.15, -0.1) is 0 Å². The topological polar surface area (TPSA) is 75.7 Å². The van der Waals surface area contributed by atoms with Gasteiger partial charge in [-0.25, -0.2) is 13.2 Å². The van der Waals surface area contributed by atoms with Gasteiger partial charge in [-0.05, 0) is 50.5 Å². The van der Waals surface area contributed by atoms with Gasteiger partial charge in [-0.2, -0.15) is 0 Å². The lowest BCUT2D eigenvalue weighted by molar-refractivity contribution is 0.0865. The molecule has 1 aliphatic rings. The minimum Gasteiger partial charge on any atom is -0.449 e. The van der Waals surface area contributed by atoms with Crippen molar-refractivity contribution in [3.63, 3.8) is 0 Å². The quantitative estimate of drug-likeness (QED) is 0.780. The summed E-state index contributed by atoms with van der Waals surface area (Å²) in [5, 5.41) is 3.47. The number of likely N-dealkylation sites (tertiary alicyclic amines) is 1. The Morgan fingerprint density at radius 1 is 1.24 bits per heavy atom. The third-order valence-electron chi connectivity index (χ3n) is 4.58. The van der Waals surface area contributed by atoms with E-state index in [9.17, 15) is 13.2 Å². The molecule has 0 bridgehead atoms. The summed E-state index contributed by atoms with van der Waals surface area (Å²) in [6.07, 6.45) is 4.49. The van der Waals surface area contributed by atoms with Crippen LogP contribution in [0.1, 0.15) is 39.5 Å². The van der Waals surface area contributed by atoms with Crippen LogP contribution in [0.25, 0.3) is 0 Å². The van der Waals surface area contributed by atoms with Crippen molar-refractivity contribution in [2.24, 2.45) is 0 Å². The van der Waals surface area contributed by atoms with Crippen LogP contribution in [0.15, 0.2) is 29.2 Å². The van der Waals surface area contributed by atoms with Crippen LogP contribution in [0.2, 0.25) is 0 Å². The van der Waals surface area contributed by atoms with E-state index in [2.05, 4.69) is 19.2 Å². The van der Waals surface area contributed by atoms with Gasteiger partial charge in [0.2, 0.25) is 0 Å². The molecule has 0 radical (unpaired) electrons. The number of sulfone groups is 1. The van der Waals surface area contributed by atoms with Crippen molar-refractivity contribution in [2.45, 2.75) is 50.0 Å². The van der Waals surface area contributed by atoms with Crippen LogP contribution in [0.4, 0.5) is 10.5 Å². The number of unbranched alkanes of at least 4 members (excludes halogenated alkanes) is 1. The number of ether oxygens (including phenoxy) is 1. The molecule has 7 heteroatoms. The number of hydrogen-bond acceptors (Lipinski definition) is 5. The van der Waals surface area contributed by atoms with Gasteiger partial charge in [-0.3, -0.25) is 0 Å². The summed E-state index contributed by atoms with van der Waals surface area (Å²) in [7, 11) is -3.18. The molecule has 1 amide bonds. The van der Waals surface area contributed by atoms with Crippen molar-refractivity contribution in [3.05, 3.63) is 24.3 Å². The molecule has 1 saturated heterocycles. The van der Waals surface area contributed by atoms with Crippen LogP contribution in [-0.4, -0.2) is 50.9 Å². The molecule has 25 heavy (non-hydrogen) atoms. The zero-order valence-corrected chi connectivity index (χ0v) is 16.1. The average molecular weight is 368 g/mol. The second-order valence-corrected chi connectivity index (χ2v) is 8.95. The molecule has 1 N–H and O–H groups in total. The first-order valence-electron chi connectivity index (χ1n) is 8.73. The number of anilines is 1. The molecular weight excluding hydrogens is 340 g/mol. The Morgan fingerprint density at radius 2 is 1.84 bits per heavy atom. The predicted octanol–water partition coefficient (Wildman–Crippen LogP) is 3.29. The molecular formula is C18H28N2O4S. The van der Waals surface area contributed by atoms with Crippen LogP contribution in [0, 0.1) is 0 Å². The van der Waals surface area contributed by atoms with Gasteiger partial charge < -0.3 is 15.0 Å². The monoisotopic (exact) mass is 368 g/mol. The number of carbonyl (C=O) groups is 1. The molecule has 2 rings (SSSR count). The van der Waals surface area contributed by atoms with Crippen LogP contribution >= 0.6 is 0 Å². The van der Waals surface area contributed by atoms with Crippen LogP contribution in [0.5, 0.6) is 0 Å². The van der Waals surface area contributed by atoms with Crippen LogP contribution in [-0.2, 0) is 14.6 Å². The fourth-order valence-electron chi connectivity index (χ4n) is 2.84. The molecule has 0 aromatic heterocycles. The van der Waals surface area contributed by atoms with Gasteiger partial charge in [0.15, 0.2) is 9.84 Å². The summed E-state index contributed by atoms with van der Waals surface area (Å²) < 4.78 is 28.3. The van der Waals surface area contributed by atoms with Crippen molar-refractivity contribution >= 4 is 21.6 Å². The molecule has 0 spiro atoms. The zero-order valence-electron chi connectivity index (χ0n) is 15.2. The minimum absolute atomic E-state index is 0.132. The van der Waals surface area contributed by atoms with Gasteiger partial charge in [0.05, 0.1) is 11.5 Å². The van der Waals surface area contributed by atoms with Gasteiger partial charge in [-0.1, -0.05) is 13.3 Å².